The van der Waals surface area contributed by atoms with Crippen LogP contribution in [-0.2, 0) is 6.54 Å². The monoisotopic (exact) mass is 345 g/mol. The number of methoxy groups -OCH3 is 1. The number of hydrogen-bond acceptors (Lipinski definition) is 3. The SMILES string of the molecule is COc1cc(Cl)c(C)cc1NCc1cc(Br)cs1. The number of nitrogens with one attached hydrogen (secondary N) is 1. The molecule has 0 amide bonds. The van der Waals surface area contributed by atoms with E-state index in [1.54, 1.807) is 18.4 Å². The molecule has 0 saturated heterocycles. The zero-order valence-corrected chi connectivity index (χ0v) is 13.2. The summed E-state index contributed by atoms with van der Waals surface area (Å²) in [6.07, 6.45) is 0. The van der Waals surface area contributed by atoms with Crippen LogP contribution in [0.4, 0.5) is 5.69 Å². The maximum atomic E-state index is 6.07. The molecule has 0 unspecified atom stereocenters. The molecule has 2 nitrogen and oxygen atoms in total. The summed E-state index contributed by atoms with van der Waals surface area (Å²) in [5.74, 6) is 0.765. The fourth-order valence-corrected chi connectivity index (χ4v) is 3.14. The Bertz CT molecular complexity index is 556. The van der Waals surface area contributed by atoms with Crippen molar-refractivity contribution in [3.63, 3.8) is 0 Å². The van der Waals surface area contributed by atoms with Gasteiger partial charge in [0.2, 0.25) is 0 Å². The van der Waals surface area contributed by atoms with Gasteiger partial charge in [0.15, 0.2) is 0 Å². The van der Waals surface area contributed by atoms with Gasteiger partial charge in [-0.3, -0.25) is 0 Å². The molecule has 0 aliphatic carbocycles. The number of anilines is 1. The molecule has 1 aromatic heterocycles. The number of hydrogen-bond donors (Lipinski definition) is 1. The third kappa shape index (κ3) is 3.19. The highest BCUT2D eigenvalue weighted by Gasteiger charge is 2.07. The van der Waals surface area contributed by atoms with E-state index in [1.807, 2.05) is 19.1 Å². The van der Waals surface area contributed by atoms with Crippen LogP contribution in [0.3, 0.4) is 0 Å². The summed E-state index contributed by atoms with van der Waals surface area (Å²) in [6.45, 7) is 2.75. The Labute approximate surface area is 124 Å². The van der Waals surface area contributed by atoms with Crippen molar-refractivity contribution in [2.75, 3.05) is 12.4 Å². The highest BCUT2D eigenvalue weighted by molar-refractivity contribution is 9.10. The molecule has 0 atom stereocenters. The van der Waals surface area contributed by atoms with Crippen LogP contribution < -0.4 is 10.1 Å². The van der Waals surface area contributed by atoms with Gasteiger partial charge in [0, 0.05) is 32.4 Å². The molecule has 0 aliphatic heterocycles. The topological polar surface area (TPSA) is 21.3 Å². The van der Waals surface area contributed by atoms with Crippen LogP contribution >= 0.6 is 38.9 Å². The number of ether oxygens (including phenoxy) is 1. The molecule has 1 aromatic carbocycles. The Morgan fingerprint density at radius 2 is 2.17 bits per heavy atom. The van der Waals surface area contributed by atoms with Crippen molar-refractivity contribution in [2.45, 2.75) is 13.5 Å². The van der Waals surface area contributed by atoms with E-state index in [1.165, 1.54) is 4.88 Å². The van der Waals surface area contributed by atoms with Crippen LogP contribution in [0.1, 0.15) is 10.4 Å². The average molecular weight is 347 g/mol. The second-order valence-electron chi connectivity index (χ2n) is 3.89. The van der Waals surface area contributed by atoms with Crippen LogP contribution in [0.25, 0.3) is 0 Å². The van der Waals surface area contributed by atoms with E-state index in [4.69, 9.17) is 16.3 Å². The van der Waals surface area contributed by atoms with Gasteiger partial charge < -0.3 is 10.1 Å². The minimum absolute atomic E-state index is 0.719. The van der Waals surface area contributed by atoms with Gasteiger partial charge >= 0.3 is 0 Å². The first-order chi connectivity index (χ1) is 8.60. The number of aryl methyl sites for hydroxylation is 1. The third-order valence-corrected chi connectivity index (χ3v) is 4.66. The van der Waals surface area contributed by atoms with Crippen LogP contribution in [0.15, 0.2) is 28.1 Å². The van der Waals surface area contributed by atoms with E-state index in [-0.39, 0.29) is 0 Å². The van der Waals surface area contributed by atoms with Crippen molar-refractivity contribution in [3.05, 3.63) is 43.5 Å². The molecule has 0 spiro atoms. The lowest BCUT2D eigenvalue weighted by Crippen LogP contribution is -2.00. The van der Waals surface area contributed by atoms with E-state index in [2.05, 4.69) is 32.7 Å². The highest BCUT2D eigenvalue weighted by atomic mass is 79.9. The molecular weight excluding hydrogens is 334 g/mol. The Morgan fingerprint density at radius 1 is 1.39 bits per heavy atom. The summed E-state index contributed by atoms with van der Waals surface area (Å²) in [5.41, 5.74) is 2.00. The fraction of sp³-hybridized carbons (Fsp3) is 0.231. The molecule has 0 fully saturated rings. The fourth-order valence-electron chi connectivity index (χ4n) is 1.60. The zero-order chi connectivity index (χ0) is 13.1. The van der Waals surface area contributed by atoms with Crippen molar-refractivity contribution in [1.29, 1.82) is 0 Å². The maximum absolute atomic E-state index is 6.07. The molecule has 2 rings (SSSR count). The van der Waals surface area contributed by atoms with Gasteiger partial charge in [-0.15, -0.1) is 11.3 Å². The highest BCUT2D eigenvalue weighted by Crippen LogP contribution is 2.31. The molecule has 1 heterocycles. The second-order valence-corrected chi connectivity index (χ2v) is 6.21. The Hall–Kier alpha value is -0.710. The first-order valence-corrected chi connectivity index (χ1v) is 7.46. The second kappa shape index (κ2) is 5.95. The minimum atomic E-state index is 0.719. The minimum Gasteiger partial charge on any atom is -0.495 e. The molecule has 0 aliphatic rings. The smallest absolute Gasteiger partial charge is 0.143 e. The largest absolute Gasteiger partial charge is 0.495 e. The van der Waals surface area contributed by atoms with Gasteiger partial charge in [0.25, 0.3) is 0 Å². The first-order valence-electron chi connectivity index (χ1n) is 5.41. The van der Waals surface area contributed by atoms with Crippen molar-refractivity contribution in [1.82, 2.24) is 0 Å². The maximum Gasteiger partial charge on any atom is 0.143 e. The Kier molecular flexibility index (Phi) is 4.54. The number of rotatable bonds is 4. The molecule has 1 N–H and O–H groups in total. The van der Waals surface area contributed by atoms with E-state index < -0.39 is 0 Å². The van der Waals surface area contributed by atoms with E-state index in [0.29, 0.717) is 0 Å². The molecular formula is C13H13BrClNOS. The van der Waals surface area contributed by atoms with Gasteiger partial charge in [-0.05, 0) is 40.5 Å². The van der Waals surface area contributed by atoms with Gasteiger partial charge in [-0.2, -0.15) is 0 Å². The van der Waals surface area contributed by atoms with E-state index >= 15 is 0 Å². The zero-order valence-electron chi connectivity index (χ0n) is 10.1. The van der Waals surface area contributed by atoms with Crippen LogP contribution in [0, 0.1) is 6.92 Å². The summed E-state index contributed by atoms with van der Waals surface area (Å²) < 4.78 is 6.44. The lowest BCUT2D eigenvalue weighted by molar-refractivity contribution is 0.416. The molecule has 96 valence electrons. The molecule has 0 radical (unpaired) electrons. The van der Waals surface area contributed by atoms with Crippen LogP contribution in [0.2, 0.25) is 5.02 Å². The lowest BCUT2D eigenvalue weighted by Gasteiger charge is -2.12. The van der Waals surface area contributed by atoms with Gasteiger partial charge in [-0.25, -0.2) is 0 Å². The van der Waals surface area contributed by atoms with Crippen molar-refractivity contribution < 1.29 is 4.74 Å². The van der Waals surface area contributed by atoms with E-state index in [0.717, 1.165) is 33.0 Å². The summed E-state index contributed by atoms with van der Waals surface area (Å²) >= 11 is 11.2. The van der Waals surface area contributed by atoms with Gasteiger partial charge in [0.1, 0.15) is 5.75 Å². The lowest BCUT2D eigenvalue weighted by atomic mass is 10.2. The normalized spacial score (nSPS) is 10.4. The van der Waals surface area contributed by atoms with Crippen LogP contribution in [-0.4, -0.2) is 7.11 Å². The number of halogens is 2. The summed E-state index contributed by atoms with van der Waals surface area (Å²) in [6, 6.07) is 5.94. The summed E-state index contributed by atoms with van der Waals surface area (Å²) in [5, 5.41) is 6.16. The molecule has 0 saturated carbocycles. The van der Waals surface area contributed by atoms with Gasteiger partial charge in [-0.1, -0.05) is 11.6 Å². The number of benzene rings is 1. The predicted molar refractivity (Wildman–Crippen MR) is 82.1 cm³/mol. The summed E-state index contributed by atoms with van der Waals surface area (Å²) in [4.78, 5) is 1.26. The van der Waals surface area contributed by atoms with E-state index in [9.17, 15) is 0 Å². The standard InChI is InChI=1S/C13H13BrClNOS/c1-8-3-12(13(17-2)5-11(8)15)16-6-10-4-9(14)7-18-10/h3-5,7,16H,6H2,1-2H3. The number of thiophene rings is 1. The quantitative estimate of drug-likeness (QED) is 0.832. The molecule has 0 bridgehead atoms. The van der Waals surface area contributed by atoms with Crippen LogP contribution in [0.5, 0.6) is 5.75 Å². The Balaban J connectivity index is 2.15. The Morgan fingerprint density at radius 3 is 2.78 bits per heavy atom. The molecule has 5 heteroatoms. The summed E-state index contributed by atoms with van der Waals surface area (Å²) in [7, 11) is 1.65. The van der Waals surface area contributed by atoms with Crippen molar-refractivity contribution >= 4 is 44.6 Å². The van der Waals surface area contributed by atoms with Crippen molar-refractivity contribution in [3.8, 4) is 5.75 Å². The average Bonchev–Trinajstić information content (AvgIpc) is 2.76. The first kappa shape index (κ1) is 13.7. The predicted octanol–water partition coefficient (Wildman–Crippen LogP) is 5.09. The van der Waals surface area contributed by atoms with Crippen molar-refractivity contribution in [2.24, 2.45) is 0 Å². The molecule has 2 aromatic rings. The van der Waals surface area contributed by atoms with Gasteiger partial charge in [0.05, 0.1) is 12.8 Å². The molecule has 18 heavy (non-hydrogen) atoms. The third-order valence-electron chi connectivity index (χ3n) is 2.56.